The van der Waals surface area contributed by atoms with Gasteiger partial charge in [-0.3, -0.25) is 9.59 Å². The number of rotatable bonds is 6. The third-order valence-corrected chi connectivity index (χ3v) is 5.44. The predicted octanol–water partition coefficient (Wildman–Crippen LogP) is 2.35. The van der Waals surface area contributed by atoms with Gasteiger partial charge in [0.1, 0.15) is 0 Å². The predicted molar refractivity (Wildman–Crippen MR) is 104 cm³/mol. The summed E-state index contributed by atoms with van der Waals surface area (Å²) in [6.07, 6.45) is 0. The molecule has 0 bridgehead atoms. The summed E-state index contributed by atoms with van der Waals surface area (Å²) in [5.41, 5.74) is 0.803. The van der Waals surface area contributed by atoms with Crippen molar-refractivity contribution in [1.82, 2.24) is 9.62 Å². The van der Waals surface area contributed by atoms with Crippen LogP contribution in [0.2, 0.25) is 5.02 Å². The van der Waals surface area contributed by atoms with E-state index in [0.717, 1.165) is 0 Å². The summed E-state index contributed by atoms with van der Waals surface area (Å²) in [7, 11) is -0.624. The van der Waals surface area contributed by atoms with Gasteiger partial charge in [0.15, 0.2) is 0 Å². The van der Waals surface area contributed by atoms with Gasteiger partial charge in [0.05, 0.1) is 10.9 Å². The monoisotopic (exact) mass is 409 g/mol. The van der Waals surface area contributed by atoms with Gasteiger partial charge >= 0.3 is 0 Å². The number of benzene rings is 2. The molecule has 0 aliphatic heterocycles. The van der Waals surface area contributed by atoms with Crippen LogP contribution in [-0.4, -0.2) is 45.3 Å². The topological polar surface area (TPSA) is 95.6 Å². The van der Waals surface area contributed by atoms with E-state index < -0.39 is 22.0 Å². The second-order valence-electron chi connectivity index (χ2n) is 6.07. The normalized spacial score (nSPS) is 12.3. The number of halogens is 1. The Hall–Kier alpha value is -2.42. The van der Waals surface area contributed by atoms with Crippen molar-refractivity contribution in [3.05, 3.63) is 59.1 Å². The fourth-order valence-electron chi connectivity index (χ4n) is 2.21. The van der Waals surface area contributed by atoms with E-state index in [1.54, 1.807) is 32.3 Å². The average molecular weight is 410 g/mol. The maximum atomic E-state index is 12.3. The van der Waals surface area contributed by atoms with E-state index in [4.69, 9.17) is 11.6 Å². The van der Waals surface area contributed by atoms with E-state index in [9.17, 15) is 18.0 Å². The summed E-state index contributed by atoms with van der Waals surface area (Å²) in [5, 5.41) is 3.01. The van der Waals surface area contributed by atoms with E-state index in [-0.39, 0.29) is 10.8 Å². The second kappa shape index (κ2) is 8.51. The molecule has 2 aromatic rings. The minimum atomic E-state index is -3.88. The molecule has 2 amide bonds. The van der Waals surface area contributed by atoms with Crippen molar-refractivity contribution in [3.8, 4) is 0 Å². The highest BCUT2D eigenvalue weighted by Gasteiger charge is 2.22. The summed E-state index contributed by atoms with van der Waals surface area (Å²) in [6.45, 7) is 1.43. The lowest BCUT2D eigenvalue weighted by molar-refractivity contribution is -0.117. The molecule has 2 rings (SSSR count). The van der Waals surface area contributed by atoms with Crippen LogP contribution in [0.5, 0.6) is 0 Å². The zero-order valence-electron chi connectivity index (χ0n) is 15.1. The minimum Gasteiger partial charge on any atom is -0.345 e. The Kier molecular flexibility index (Phi) is 6.59. The molecule has 9 heteroatoms. The molecule has 0 unspecified atom stereocenters. The van der Waals surface area contributed by atoms with Gasteiger partial charge in [-0.1, -0.05) is 17.7 Å². The van der Waals surface area contributed by atoms with Crippen molar-refractivity contribution >= 4 is 39.1 Å². The summed E-state index contributed by atoms with van der Waals surface area (Å²) in [5.74, 6) is -0.760. The fraction of sp³-hybridized carbons (Fsp3) is 0.222. The van der Waals surface area contributed by atoms with Crippen molar-refractivity contribution in [2.75, 3.05) is 19.4 Å². The first-order valence-corrected chi connectivity index (χ1v) is 9.87. The van der Waals surface area contributed by atoms with E-state index >= 15 is 0 Å². The number of hydrogen-bond acceptors (Lipinski definition) is 4. The molecule has 0 aliphatic rings. The molecule has 2 aromatic carbocycles. The minimum absolute atomic E-state index is 0.00475. The van der Waals surface area contributed by atoms with Gasteiger partial charge < -0.3 is 10.2 Å². The summed E-state index contributed by atoms with van der Waals surface area (Å²) >= 11 is 5.76. The average Bonchev–Trinajstić information content (AvgIpc) is 2.61. The molecule has 1 atom stereocenters. The molecule has 0 aliphatic carbocycles. The Labute approximate surface area is 163 Å². The van der Waals surface area contributed by atoms with Crippen LogP contribution in [0.1, 0.15) is 17.3 Å². The lowest BCUT2D eigenvalue weighted by Gasteiger charge is -2.15. The number of nitrogens with zero attached hydrogens (tertiary/aromatic N) is 1. The van der Waals surface area contributed by atoms with E-state index in [2.05, 4.69) is 10.0 Å². The van der Waals surface area contributed by atoms with Gasteiger partial charge in [0, 0.05) is 30.4 Å². The SMILES string of the molecule is C[C@H](NS(=O)(=O)c1ccc(Cl)cc1)C(=O)Nc1cccc(C(=O)N(C)C)c1. The molecule has 2 N–H and O–H groups in total. The summed E-state index contributed by atoms with van der Waals surface area (Å²) in [6, 6.07) is 11.0. The molecule has 0 heterocycles. The highest BCUT2D eigenvalue weighted by atomic mass is 35.5. The lowest BCUT2D eigenvalue weighted by atomic mass is 10.1. The number of anilines is 1. The van der Waals surface area contributed by atoms with Gasteiger partial charge in [-0.15, -0.1) is 0 Å². The van der Waals surface area contributed by atoms with Gasteiger partial charge in [0.25, 0.3) is 5.91 Å². The maximum Gasteiger partial charge on any atom is 0.253 e. The Balaban J connectivity index is 2.08. The van der Waals surface area contributed by atoms with Crippen molar-refractivity contribution < 1.29 is 18.0 Å². The molecule has 0 spiro atoms. The molecule has 0 aromatic heterocycles. The number of amides is 2. The van der Waals surface area contributed by atoms with Crippen LogP contribution >= 0.6 is 11.6 Å². The van der Waals surface area contributed by atoms with Crippen molar-refractivity contribution in [2.24, 2.45) is 0 Å². The van der Waals surface area contributed by atoms with E-state index in [1.165, 1.54) is 42.2 Å². The van der Waals surface area contributed by atoms with Gasteiger partial charge in [-0.25, -0.2) is 8.42 Å². The molecule has 0 radical (unpaired) electrons. The molecule has 0 saturated heterocycles. The molecule has 7 nitrogen and oxygen atoms in total. The number of hydrogen-bond donors (Lipinski definition) is 2. The maximum absolute atomic E-state index is 12.3. The number of carbonyl (C=O) groups excluding carboxylic acids is 2. The molecule has 27 heavy (non-hydrogen) atoms. The van der Waals surface area contributed by atoms with E-state index in [1.807, 2.05) is 0 Å². The first-order chi connectivity index (χ1) is 12.6. The van der Waals surface area contributed by atoms with Crippen molar-refractivity contribution in [2.45, 2.75) is 17.9 Å². The third kappa shape index (κ3) is 5.53. The van der Waals surface area contributed by atoms with Gasteiger partial charge in [0.2, 0.25) is 15.9 Å². The Morgan fingerprint density at radius 1 is 1.07 bits per heavy atom. The van der Waals surface area contributed by atoms with Crippen LogP contribution in [0.25, 0.3) is 0 Å². The van der Waals surface area contributed by atoms with Gasteiger partial charge in [-0.2, -0.15) is 4.72 Å². The van der Waals surface area contributed by atoms with Gasteiger partial charge in [-0.05, 0) is 49.4 Å². The zero-order valence-corrected chi connectivity index (χ0v) is 16.6. The lowest BCUT2D eigenvalue weighted by Crippen LogP contribution is -2.41. The summed E-state index contributed by atoms with van der Waals surface area (Å²) < 4.78 is 27.0. The second-order valence-corrected chi connectivity index (χ2v) is 8.22. The molecule has 0 saturated carbocycles. The fourth-order valence-corrected chi connectivity index (χ4v) is 3.54. The molecule has 144 valence electrons. The number of nitrogens with one attached hydrogen (secondary N) is 2. The third-order valence-electron chi connectivity index (χ3n) is 3.63. The van der Waals surface area contributed by atoms with Crippen LogP contribution in [0.3, 0.4) is 0 Å². The standard InChI is InChI=1S/C18H20ClN3O4S/c1-12(21-27(25,26)16-9-7-14(19)8-10-16)17(23)20-15-6-4-5-13(11-15)18(24)22(2)3/h4-12,21H,1-3H3,(H,20,23)/t12-/m0/s1. The Bertz CT molecular complexity index is 943. The number of sulfonamides is 1. The van der Waals surface area contributed by atoms with Crippen LogP contribution < -0.4 is 10.0 Å². The first kappa shape index (κ1) is 20.9. The quantitative estimate of drug-likeness (QED) is 0.765. The Morgan fingerprint density at radius 2 is 1.70 bits per heavy atom. The molecule has 0 fully saturated rings. The Morgan fingerprint density at radius 3 is 2.30 bits per heavy atom. The smallest absolute Gasteiger partial charge is 0.253 e. The van der Waals surface area contributed by atoms with E-state index in [0.29, 0.717) is 16.3 Å². The number of carbonyl (C=O) groups is 2. The van der Waals surface area contributed by atoms with Crippen molar-refractivity contribution in [1.29, 1.82) is 0 Å². The zero-order chi connectivity index (χ0) is 20.2. The van der Waals surface area contributed by atoms with Crippen molar-refractivity contribution in [3.63, 3.8) is 0 Å². The van der Waals surface area contributed by atoms with Crippen LogP contribution in [-0.2, 0) is 14.8 Å². The van der Waals surface area contributed by atoms with Crippen LogP contribution in [0, 0.1) is 0 Å². The molecular weight excluding hydrogens is 390 g/mol. The highest BCUT2D eigenvalue weighted by Crippen LogP contribution is 2.15. The highest BCUT2D eigenvalue weighted by molar-refractivity contribution is 7.89. The van der Waals surface area contributed by atoms with Crippen LogP contribution in [0.4, 0.5) is 5.69 Å². The summed E-state index contributed by atoms with van der Waals surface area (Å²) in [4.78, 5) is 25.8. The molecular formula is C18H20ClN3O4S. The first-order valence-electron chi connectivity index (χ1n) is 8.00. The van der Waals surface area contributed by atoms with Crippen LogP contribution in [0.15, 0.2) is 53.4 Å². The largest absolute Gasteiger partial charge is 0.345 e.